The monoisotopic (exact) mass is 645 g/mol. The largest absolute Gasteiger partial charge is 0.464 e. The van der Waals surface area contributed by atoms with E-state index in [-0.39, 0.29) is 29.9 Å². The first-order valence-corrected chi connectivity index (χ1v) is 14.0. The van der Waals surface area contributed by atoms with Crippen LogP contribution in [0.15, 0.2) is 71.2 Å². The molecule has 1 aliphatic carbocycles. The molecule has 4 heterocycles. The second-order valence-corrected chi connectivity index (χ2v) is 12.0. The number of hydrogen-bond acceptors (Lipinski definition) is 7. The summed E-state index contributed by atoms with van der Waals surface area (Å²) in [5.74, 6) is -9.53. The van der Waals surface area contributed by atoms with Crippen LogP contribution in [0.3, 0.4) is 0 Å². The van der Waals surface area contributed by atoms with E-state index in [0.717, 1.165) is 12.1 Å². The third-order valence-electron chi connectivity index (χ3n) is 9.59. The van der Waals surface area contributed by atoms with Crippen LogP contribution in [0, 0.1) is 11.2 Å². The van der Waals surface area contributed by atoms with Crippen LogP contribution in [0.2, 0.25) is 0 Å². The number of carbonyl (C=O) groups excluding carboxylic acids is 2. The first-order chi connectivity index (χ1) is 20.0. The molecule has 0 aromatic heterocycles. The maximum Gasteiger partial charge on any atom is 0.456 e. The number of carbonyl (C=O) groups is 2. The van der Waals surface area contributed by atoms with E-state index in [0.29, 0.717) is 15.6 Å². The van der Waals surface area contributed by atoms with Crippen molar-refractivity contribution >= 4 is 27.9 Å². The van der Waals surface area contributed by atoms with Crippen LogP contribution in [0.5, 0.6) is 5.75 Å². The number of halogens is 5. The van der Waals surface area contributed by atoms with Gasteiger partial charge >= 0.3 is 23.9 Å². The number of nitrogens with one attached hydrogen (secondary N) is 1. The molecule has 2 unspecified atom stereocenters. The molecule has 3 aromatic rings. The van der Waals surface area contributed by atoms with Crippen molar-refractivity contribution in [3.8, 4) is 5.75 Å². The normalized spacial score (nSPS) is 36.4. The van der Waals surface area contributed by atoms with Crippen LogP contribution >= 0.6 is 15.9 Å². The highest BCUT2D eigenvalue weighted by atomic mass is 79.9. The number of ether oxygens (including phenoxy) is 4. The zero-order valence-corrected chi connectivity index (χ0v) is 23.3. The molecule has 0 bridgehead atoms. The van der Waals surface area contributed by atoms with Gasteiger partial charge in [-0.2, -0.15) is 13.2 Å². The van der Waals surface area contributed by atoms with Crippen molar-refractivity contribution in [2.75, 3.05) is 6.61 Å². The van der Waals surface area contributed by atoms with E-state index in [1.807, 2.05) is 0 Å². The Morgan fingerprint density at radius 3 is 2.62 bits per heavy atom. The SMILES string of the molecule is CCOC(=O)[C@]12N[C@@H]3c4cc(Br)ccc4OC45O[C@](C(F)(F)F)(OC1=O)C2(c1cccc(F)c1)[C@]34Cc1ccccc15. The van der Waals surface area contributed by atoms with Gasteiger partial charge in [-0.15, -0.1) is 0 Å². The van der Waals surface area contributed by atoms with Crippen LogP contribution in [0.1, 0.15) is 35.2 Å². The molecule has 1 spiro atoms. The maximum absolute atomic E-state index is 15.9. The van der Waals surface area contributed by atoms with Gasteiger partial charge in [-0.25, -0.2) is 14.0 Å². The summed E-state index contributed by atoms with van der Waals surface area (Å²) >= 11 is 3.43. The molecule has 12 heteroatoms. The summed E-state index contributed by atoms with van der Waals surface area (Å²) in [7, 11) is 0. The molecular weight excluding hydrogens is 626 g/mol. The minimum Gasteiger partial charge on any atom is -0.464 e. The van der Waals surface area contributed by atoms with Gasteiger partial charge in [0.2, 0.25) is 11.3 Å². The maximum atomic E-state index is 15.9. The van der Waals surface area contributed by atoms with Crippen molar-refractivity contribution in [3.05, 3.63) is 99.3 Å². The highest BCUT2D eigenvalue weighted by molar-refractivity contribution is 9.10. The number of benzene rings is 3. The van der Waals surface area contributed by atoms with Gasteiger partial charge in [-0.05, 0) is 54.8 Å². The Morgan fingerprint density at radius 2 is 1.88 bits per heavy atom. The van der Waals surface area contributed by atoms with E-state index >= 15 is 17.6 Å². The Labute approximate surface area is 244 Å². The highest BCUT2D eigenvalue weighted by Gasteiger charge is 3.05. The molecule has 1 N–H and O–H groups in total. The van der Waals surface area contributed by atoms with Crippen LogP contribution < -0.4 is 10.1 Å². The predicted molar refractivity (Wildman–Crippen MR) is 138 cm³/mol. The Bertz CT molecular complexity index is 1750. The van der Waals surface area contributed by atoms with E-state index in [1.54, 1.807) is 42.5 Å². The van der Waals surface area contributed by atoms with E-state index in [9.17, 15) is 9.59 Å². The molecular formula is C30H20BrF4NO6. The summed E-state index contributed by atoms with van der Waals surface area (Å²) < 4.78 is 86.9. The minimum atomic E-state index is -5.43. The zero-order valence-electron chi connectivity index (χ0n) is 21.7. The molecule has 6 atom stereocenters. The summed E-state index contributed by atoms with van der Waals surface area (Å²) in [5.41, 5.74) is -6.55. The van der Waals surface area contributed by atoms with Gasteiger partial charge in [0.1, 0.15) is 17.0 Å². The number of alkyl halides is 3. The summed E-state index contributed by atoms with van der Waals surface area (Å²) in [6.07, 6.45) is -5.57. The second-order valence-electron chi connectivity index (χ2n) is 11.1. The van der Waals surface area contributed by atoms with Crippen molar-refractivity contribution in [3.63, 3.8) is 0 Å². The van der Waals surface area contributed by atoms with Gasteiger partial charge in [0.15, 0.2) is 0 Å². The third-order valence-corrected chi connectivity index (χ3v) is 10.1. The summed E-state index contributed by atoms with van der Waals surface area (Å²) in [5, 5.41) is 3.04. The van der Waals surface area contributed by atoms with Gasteiger partial charge in [0, 0.05) is 15.6 Å². The standard InChI is InChI=1S/C30H20BrF4NO6/c1-2-39-23(37)26-24(38)41-29(30(33,34)35)27(26,16-7-5-8-18(32)12-16)25-14-15-6-3-4-9-20(15)28(25,42-29)40-21-11-10-17(31)13-19(21)22(25)36-26/h3-13,22,36H,2,14H2,1H3/t22-,25+,26+,27?,28?,29-/m1/s1. The molecule has 3 aromatic carbocycles. The fourth-order valence-electron chi connectivity index (χ4n) is 8.56. The molecule has 3 fully saturated rings. The summed E-state index contributed by atoms with van der Waals surface area (Å²) in [6.45, 7) is 1.22. The minimum absolute atomic E-state index is 0.140. The average molecular weight is 646 g/mol. The fraction of sp³-hybridized carbons (Fsp3) is 0.333. The van der Waals surface area contributed by atoms with Gasteiger partial charge in [0.25, 0.3) is 0 Å². The van der Waals surface area contributed by atoms with Crippen LogP contribution in [-0.4, -0.2) is 36.0 Å². The smallest absolute Gasteiger partial charge is 0.456 e. The highest BCUT2D eigenvalue weighted by Crippen LogP contribution is 2.86. The molecule has 3 saturated heterocycles. The van der Waals surface area contributed by atoms with E-state index in [4.69, 9.17) is 18.9 Å². The van der Waals surface area contributed by atoms with Crippen molar-refractivity contribution in [2.45, 2.75) is 48.1 Å². The van der Waals surface area contributed by atoms with Crippen molar-refractivity contribution in [1.82, 2.24) is 5.32 Å². The molecule has 8 rings (SSSR count). The van der Waals surface area contributed by atoms with Gasteiger partial charge in [-0.1, -0.05) is 52.3 Å². The van der Waals surface area contributed by atoms with Crippen LogP contribution in [0.25, 0.3) is 0 Å². The van der Waals surface area contributed by atoms with Crippen molar-refractivity contribution in [2.24, 2.45) is 5.41 Å². The lowest BCUT2D eigenvalue weighted by molar-refractivity contribution is -0.398. The number of fused-ring (bicyclic) bond motifs is 3. The Morgan fingerprint density at radius 1 is 1.10 bits per heavy atom. The fourth-order valence-corrected chi connectivity index (χ4v) is 8.94. The second kappa shape index (κ2) is 7.72. The lowest BCUT2D eigenvalue weighted by atomic mass is 9.48. The third kappa shape index (κ3) is 2.40. The first kappa shape index (κ1) is 26.2. The Hall–Kier alpha value is -3.48. The number of hydrogen-bond donors (Lipinski definition) is 1. The molecule has 0 saturated carbocycles. The lowest BCUT2D eigenvalue weighted by Crippen LogP contribution is -2.71. The lowest BCUT2D eigenvalue weighted by Gasteiger charge is -2.50. The first-order valence-electron chi connectivity index (χ1n) is 13.2. The number of esters is 2. The number of rotatable bonds is 3. The molecule has 4 aliphatic heterocycles. The predicted octanol–water partition coefficient (Wildman–Crippen LogP) is 5.11. The molecule has 42 heavy (non-hydrogen) atoms. The molecule has 5 aliphatic rings. The van der Waals surface area contributed by atoms with E-state index < -0.39 is 57.9 Å². The molecule has 216 valence electrons. The van der Waals surface area contributed by atoms with Crippen LogP contribution in [-0.2, 0) is 41.4 Å². The molecule has 7 nitrogen and oxygen atoms in total. The average Bonchev–Trinajstić information content (AvgIpc) is 3.54. The Balaban J connectivity index is 1.62. The summed E-state index contributed by atoms with van der Waals surface area (Å²) in [4.78, 5) is 28.3. The quantitative estimate of drug-likeness (QED) is 0.241. The summed E-state index contributed by atoms with van der Waals surface area (Å²) in [6, 6.07) is 14.9. The van der Waals surface area contributed by atoms with E-state index in [1.165, 1.54) is 19.1 Å². The topological polar surface area (TPSA) is 83.1 Å². The van der Waals surface area contributed by atoms with E-state index in [2.05, 4.69) is 21.2 Å². The zero-order chi connectivity index (χ0) is 29.5. The van der Waals surface area contributed by atoms with Crippen LogP contribution in [0.4, 0.5) is 17.6 Å². The molecule has 0 radical (unpaired) electrons. The Kier molecular flexibility index (Phi) is 4.81. The van der Waals surface area contributed by atoms with Crippen molar-refractivity contribution in [1.29, 1.82) is 0 Å². The van der Waals surface area contributed by atoms with Gasteiger partial charge < -0.3 is 14.2 Å². The van der Waals surface area contributed by atoms with Gasteiger partial charge in [0.05, 0.1) is 18.1 Å². The van der Waals surface area contributed by atoms with Crippen molar-refractivity contribution < 1.29 is 46.1 Å². The van der Waals surface area contributed by atoms with Gasteiger partial charge in [-0.3, -0.25) is 10.1 Å². The molecule has 0 amide bonds.